The lowest BCUT2D eigenvalue weighted by Crippen LogP contribution is -2.39. The molecule has 1 atom stereocenters. The van der Waals surface area contributed by atoms with Crippen molar-refractivity contribution in [2.45, 2.75) is 19.4 Å². The van der Waals surface area contributed by atoms with Gasteiger partial charge in [-0.05, 0) is 36.2 Å². The molecule has 16 heavy (non-hydrogen) atoms. The molecule has 0 spiro atoms. The van der Waals surface area contributed by atoms with E-state index in [1.807, 2.05) is 23.8 Å². The van der Waals surface area contributed by atoms with Crippen LogP contribution in [0.15, 0.2) is 16.8 Å². The van der Waals surface area contributed by atoms with E-state index >= 15 is 0 Å². The Bertz CT molecular complexity index is 322. The molecule has 0 aliphatic heterocycles. The maximum absolute atomic E-state index is 11.3. The fourth-order valence-corrected chi connectivity index (χ4v) is 1.97. The summed E-state index contributed by atoms with van der Waals surface area (Å²) in [6.45, 7) is 4.24. The highest BCUT2D eigenvalue weighted by Crippen LogP contribution is 2.21. The highest BCUT2D eigenvalue weighted by molar-refractivity contribution is 7.08. The van der Waals surface area contributed by atoms with E-state index in [-0.39, 0.29) is 19.1 Å². The number of amides is 1. The average molecular weight is 243 g/mol. The Hall–Kier alpha value is -0.910. The molecule has 2 N–H and O–H groups in total. The van der Waals surface area contributed by atoms with Crippen LogP contribution in [0.4, 0.5) is 0 Å². The second kappa shape index (κ2) is 5.98. The molecule has 0 radical (unpaired) electrons. The first-order valence-electron chi connectivity index (χ1n) is 5.15. The van der Waals surface area contributed by atoms with Gasteiger partial charge in [0.15, 0.2) is 0 Å². The van der Waals surface area contributed by atoms with Crippen molar-refractivity contribution in [3.8, 4) is 0 Å². The number of ether oxygens (including phenoxy) is 1. The third-order valence-electron chi connectivity index (χ3n) is 2.21. The van der Waals surface area contributed by atoms with E-state index in [9.17, 15) is 9.90 Å². The molecule has 1 aromatic rings. The van der Waals surface area contributed by atoms with Crippen molar-refractivity contribution < 1.29 is 14.6 Å². The van der Waals surface area contributed by atoms with Crippen LogP contribution < -0.4 is 5.32 Å². The van der Waals surface area contributed by atoms with Crippen molar-refractivity contribution >= 4 is 17.2 Å². The minimum Gasteiger partial charge on any atom is -0.384 e. The molecule has 0 aromatic carbocycles. The topological polar surface area (TPSA) is 58.6 Å². The van der Waals surface area contributed by atoms with E-state index in [0.29, 0.717) is 6.61 Å². The number of nitrogens with one attached hydrogen (secondary N) is 1. The minimum atomic E-state index is -1.03. The first-order valence-corrected chi connectivity index (χ1v) is 6.10. The summed E-state index contributed by atoms with van der Waals surface area (Å²) in [5.74, 6) is -0.211. The van der Waals surface area contributed by atoms with Gasteiger partial charge in [0.25, 0.3) is 0 Å². The lowest BCUT2D eigenvalue weighted by Gasteiger charge is -2.22. The van der Waals surface area contributed by atoms with E-state index in [2.05, 4.69) is 5.32 Å². The van der Waals surface area contributed by atoms with E-state index in [0.717, 1.165) is 5.56 Å². The molecule has 4 nitrogen and oxygen atoms in total. The summed E-state index contributed by atoms with van der Waals surface area (Å²) in [4.78, 5) is 11.3. The standard InChI is InChI=1S/C11H17NO3S/c1-3-15-6-10(13)12-8-11(2,14)9-4-5-16-7-9/h4-5,7,14H,3,6,8H2,1-2H3,(H,12,13)/t11-/m1/s1. The third-order valence-corrected chi connectivity index (χ3v) is 2.89. The summed E-state index contributed by atoms with van der Waals surface area (Å²) < 4.78 is 4.96. The molecule has 5 heteroatoms. The summed E-state index contributed by atoms with van der Waals surface area (Å²) in [7, 11) is 0. The molecule has 1 aromatic heterocycles. The van der Waals surface area contributed by atoms with Crippen LogP contribution in [0.2, 0.25) is 0 Å². The Balaban J connectivity index is 2.39. The molecule has 0 aliphatic carbocycles. The van der Waals surface area contributed by atoms with Crippen molar-refractivity contribution in [1.82, 2.24) is 5.32 Å². The van der Waals surface area contributed by atoms with E-state index < -0.39 is 5.60 Å². The van der Waals surface area contributed by atoms with Crippen molar-refractivity contribution in [3.05, 3.63) is 22.4 Å². The molecule has 0 bridgehead atoms. The number of hydrogen-bond acceptors (Lipinski definition) is 4. The van der Waals surface area contributed by atoms with Crippen LogP contribution in [0.1, 0.15) is 19.4 Å². The molecular formula is C11H17NO3S. The highest BCUT2D eigenvalue weighted by Gasteiger charge is 2.23. The highest BCUT2D eigenvalue weighted by atomic mass is 32.1. The van der Waals surface area contributed by atoms with Crippen LogP contribution in [-0.2, 0) is 15.1 Å². The molecular weight excluding hydrogens is 226 g/mol. The van der Waals surface area contributed by atoms with E-state index in [4.69, 9.17) is 4.74 Å². The number of rotatable bonds is 6. The van der Waals surface area contributed by atoms with Gasteiger partial charge >= 0.3 is 0 Å². The third kappa shape index (κ3) is 3.92. The molecule has 1 heterocycles. The van der Waals surface area contributed by atoms with Gasteiger partial charge in [-0.15, -0.1) is 0 Å². The van der Waals surface area contributed by atoms with Crippen LogP contribution in [0.3, 0.4) is 0 Å². The maximum Gasteiger partial charge on any atom is 0.246 e. The Morgan fingerprint density at radius 2 is 2.44 bits per heavy atom. The van der Waals surface area contributed by atoms with Crippen molar-refractivity contribution in [2.75, 3.05) is 19.8 Å². The molecule has 0 aliphatic rings. The van der Waals surface area contributed by atoms with E-state index in [1.54, 1.807) is 6.92 Å². The van der Waals surface area contributed by atoms with Gasteiger partial charge in [-0.25, -0.2) is 0 Å². The quantitative estimate of drug-likeness (QED) is 0.787. The van der Waals surface area contributed by atoms with Gasteiger partial charge < -0.3 is 15.2 Å². The average Bonchev–Trinajstić information content (AvgIpc) is 2.77. The number of carbonyl (C=O) groups excluding carboxylic acids is 1. The molecule has 1 rings (SSSR count). The zero-order valence-corrected chi connectivity index (χ0v) is 10.3. The summed E-state index contributed by atoms with van der Waals surface area (Å²) in [6, 6.07) is 1.85. The van der Waals surface area contributed by atoms with E-state index in [1.165, 1.54) is 11.3 Å². The Kier molecular flexibility index (Phi) is 4.92. The fraction of sp³-hybridized carbons (Fsp3) is 0.545. The lowest BCUT2D eigenvalue weighted by atomic mass is 9.99. The van der Waals surface area contributed by atoms with Gasteiger partial charge in [0.05, 0.1) is 6.54 Å². The maximum atomic E-state index is 11.3. The normalized spacial score (nSPS) is 14.4. The van der Waals surface area contributed by atoms with Crippen LogP contribution in [0.25, 0.3) is 0 Å². The summed E-state index contributed by atoms with van der Waals surface area (Å²) in [5, 5.41) is 16.5. The van der Waals surface area contributed by atoms with Gasteiger partial charge in [0, 0.05) is 6.61 Å². The summed E-state index contributed by atoms with van der Waals surface area (Å²) >= 11 is 1.52. The SMILES string of the molecule is CCOCC(=O)NC[C@@](C)(O)c1ccsc1. The Morgan fingerprint density at radius 1 is 1.69 bits per heavy atom. The van der Waals surface area contributed by atoms with Crippen LogP contribution >= 0.6 is 11.3 Å². The van der Waals surface area contributed by atoms with Crippen molar-refractivity contribution in [1.29, 1.82) is 0 Å². The molecule has 0 unspecified atom stereocenters. The fourth-order valence-electron chi connectivity index (χ4n) is 1.19. The number of aliphatic hydroxyl groups is 1. The lowest BCUT2D eigenvalue weighted by molar-refractivity contribution is -0.126. The zero-order valence-electron chi connectivity index (χ0n) is 9.53. The number of hydrogen-bond donors (Lipinski definition) is 2. The Labute approximate surface area is 99.2 Å². The summed E-state index contributed by atoms with van der Waals surface area (Å²) in [6.07, 6.45) is 0. The first kappa shape index (κ1) is 13.2. The second-order valence-corrected chi connectivity index (χ2v) is 4.48. The van der Waals surface area contributed by atoms with Crippen molar-refractivity contribution in [3.63, 3.8) is 0 Å². The van der Waals surface area contributed by atoms with Gasteiger partial charge in [-0.2, -0.15) is 11.3 Å². The van der Waals surface area contributed by atoms with Gasteiger partial charge in [0.2, 0.25) is 5.91 Å². The summed E-state index contributed by atoms with van der Waals surface area (Å²) in [5.41, 5.74) is -0.212. The Morgan fingerprint density at radius 3 is 3.00 bits per heavy atom. The number of thiophene rings is 1. The molecule has 0 saturated heterocycles. The predicted octanol–water partition coefficient (Wildman–Crippen LogP) is 1.11. The van der Waals surface area contributed by atoms with Gasteiger partial charge in [-0.1, -0.05) is 0 Å². The molecule has 0 fully saturated rings. The first-order chi connectivity index (χ1) is 7.56. The number of carbonyl (C=O) groups is 1. The largest absolute Gasteiger partial charge is 0.384 e. The predicted molar refractivity (Wildman–Crippen MR) is 63.4 cm³/mol. The monoisotopic (exact) mass is 243 g/mol. The van der Waals surface area contributed by atoms with Gasteiger partial charge in [0.1, 0.15) is 12.2 Å². The second-order valence-electron chi connectivity index (χ2n) is 3.70. The van der Waals surface area contributed by atoms with Crippen molar-refractivity contribution in [2.24, 2.45) is 0 Å². The zero-order chi connectivity index (χ0) is 12.0. The molecule has 1 amide bonds. The van der Waals surface area contributed by atoms with Gasteiger partial charge in [-0.3, -0.25) is 4.79 Å². The van der Waals surface area contributed by atoms with Crippen LogP contribution in [-0.4, -0.2) is 30.8 Å². The smallest absolute Gasteiger partial charge is 0.246 e. The minimum absolute atomic E-state index is 0.0379. The van der Waals surface area contributed by atoms with Crippen LogP contribution in [0, 0.1) is 0 Å². The molecule has 90 valence electrons. The van der Waals surface area contributed by atoms with Crippen LogP contribution in [0.5, 0.6) is 0 Å². The molecule has 0 saturated carbocycles.